The molecule has 2 aromatic rings. The van der Waals surface area contributed by atoms with Crippen molar-refractivity contribution in [2.45, 2.75) is 12.8 Å². The number of hydrogen-bond donors (Lipinski definition) is 0. The maximum absolute atomic E-state index is 13.1. The number of halogens is 1. The van der Waals surface area contributed by atoms with E-state index < -0.39 is 0 Å². The van der Waals surface area contributed by atoms with Gasteiger partial charge in [-0.05, 0) is 54.7 Å². The molecule has 2 fully saturated rings. The normalized spacial score (nSPS) is 19.1. The Morgan fingerprint density at radius 1 is 1.07 bits per heavy atom. The van der Waals surface area contributed by atoms with Gasteiger partial charge in [0.25, 0.3) is 0 Å². The summed E-state index contributed by atoms with van der Waals surface area (Å²) in [5.74, 6) is 0.535. The van der Waals surface area contributed by atoms with Crippen molar-refractivity contribution in [2.75, 3.05) is 45.9 Å². The monoisotopic (exact) mass is 414 g/mol. The zero-order valence-electron chi connectivity index (χ0n) is 16.6. The Morgan fingerprint density at radius 3 is 2.52 bits per heavy atom. The lowest BCUT2D eigenvalue weighted by Crippen LogP contribution is -2.43. The number of rotatable bonds is 5. The van der Waals surface area contributed by atoms with E-state index in [9.17, 15) is 9.18 Å². The van der Waals surface area contributed by atoms with Gasteiger partial charge >= 0.3 is 0 Å². The molecule has 154 valence electrons. The molecule has 1 aromatic carbocycles. The topological polar surface area (TPSA) is 32.8 Å². The summed E-state index contributed by atoms with van der Waals surface area (Å²) in [4.78, 5) is 19.1. The zero-order chi connectivity index (χ0) is 20.1. The third-order valence-corrected chi connectivity index (χ3v) is 6.79. The fourth-order valence-electron chi connectivity index (χ4n) is 3.96. The van der Waals surface area contributed by atoms with E-state index in [0.717, 1.165) is 74.1 Å². The minimum absolute atomic E-state index is 0.0894. The van der Waals surface area contributed by atoms with Crippen LogP contribution in [-0.2, 0) is 9.53 Å². The Bertz CT molecular complexity index is 835. The van der Waals surface area contributed by atoms with Crippen LogP contribution in [-0.4, -0.2) is 61.6 Å². The van der Waals surface area contributed by atoms with Gasteiger partial charge in [0.05, 0.1) is 13.2 Å². The van der Waals surface area contributed by atoms with Gasteiger partial charge in [0.1, 0.15) is 5.82 Å². The van der Waals surface area contributed by atoms with Crippen LogP contribution in [0.5, 0.6) is 0 Å². The molecule has 4 rings (SSSR count). The molecule has 0 spiro atoms. The number of carbonyl (C=O) groups excluding carboxylic acids is 1. The Kier molecular flexibility index (Phi) is 6.74. The number of likely N-dealkylation sites (tertiary alicyclic amines) is 1. The molecule has 3 heterocycles. The quantitative estimate of drug-likeness (QED) is 0.690. The molecule has 2 saturated heterocycles. The van der Waals surface area contributed by atoms with Crippen molar-refractivity contribution in [1.29, 1.82) is 0 Å². The highest BCUT2D eigenvalue weighted by Gasteiger charge is 2.24. The number of morpholine rings is 1. The molecule has 1 aromatic heterocycles. The number of piperidine rings is 1. The number of nitrogens with zero attached hydrogens (tertiary/aromatic N) is 2. The molecule has 29 heavy (non-hydrogen) atoms. The number of hydrogen-bond acceptors (Lipinski definition) is 4. The smallest absolute Gasteiger partial charge is 0.246 e. The molecule has 0 saturated carbocycles. The summed E-state index contributed by atoms with van der Waals surface area (Å²) in [5, 5.41) is 0. The number of thiophene rings is 1. The summed E-state index contributed by atoms with van der Waals surface area (Å²) in [5.41, 5.74) is 0.990. The third-order valence-electron chi connectivity index (χ3n) is 5.69. The van der Waals surface area contributed by atoms with Gasteiger partial charge in [0, 0.05) is 48.6 Å². The second-order valence-corrected chi connectivity index (χ2v) is 8.84. The van der Waals surface area contributed by atoms with Gasteiger partial charge in [-0.3, -0.25) is 9.69 Å². The second kappa shape index (κ2) is 9.65. The van der Waals surface area contributed by atoms with Crippen molar-refractivity contribution >= 4 is 23.3 Å². The molecule has 4 nitrogen and oxygen atoms in total. The maximum Gasteiger partial charge on any atom is 0.246 e. The van der Waals surface area contributed by atoms with E-state index in [0.29, 0.717) is 5.92 Å². The Balaban J connectivity index is 1.26. The zero-order valence-corrected chi connectivity index (χ0v) is 17.4. The Morgan fingerprint density at radius 2 is 1.79 bits per heavy atom. The number of benzene rings is 1. The Labute approximate surface area is 175 Å². The van der Waals surface area contributed by atoms with Gasteiger partial charge in [-0.2, -0.15) is 0 Å². The summed E-state index contributed by atoms with van der Waals surface area (Å²) >= 11 is 1.60. The van der Waals surface area contributed by atoms with Crippen molar-refractivity contribution in [3.8, 4) is 10.4 Å². The van der Waals surface area contributed by atoms with Gasteiger partial charge < -0.3 is 9.64 Å². The van der Waals surface area contributed by atoms with E-state index in [-0.39, 0.29) is 11.7 Å². The maximum atomic E-state index is 13.1. The van der Waals surface area contributed by atoms with E-state index in [1.807, 2.05) is 23.1 Å². The minimum Gasteiger partial charge on any atom is -0.379 e. The first kappa shape index (κ1) is 20.3. The van der Waals surface area contributed by atoms with E-state index in [1.165, 1.54) is 12.1 Å². The summed E-state index contributed by atoms with van der Waals surface area (Å²) < 4.78 is 18.5. The average Bonchev–Trinajstić information content (AvgIpc) is 3.23. The number of carbonyl (C=O) groups is 1. The highest BCUT2D eigenvalue weighted by Crippen LogP contribution is 2.29. The van der Waals surface area contributed by atoms with E-state index >= 15 is 0 Å². The van der Waals surface area contributed by atoms with Crippen LogP contribution in [0.25, 0.3) is 16.5 Å². The van der Waals surface area contributed by atoms with Crippen LogP contribution in [0.2, 0.25) is 0 Å². The van der Waals surface area contributed by atoms with Crippen LogP contribution in [0.4, 0.5) is 4.39 Å². The van der Waals surface area contributed by atoms with Crippen molar-refractivity contribution < 1.29 is 13.9 Å². The lowest BCUT2D eigenvalue weighted by molar-refractivity contribution is -0.127. The fraction of sp³-hybridized carbons (Fsp3) is 0.435. The van der Waals surface area contributed by atoms with E-state index in [1.54, 1.807) is 29.5 Å². The van der Waals surface area contributed by atoms with E-state index in [4.69, 9.17) is 4.74 Å². The molecular weight excluding hydrogens is 387 g/mol. The van der Waals surface area contributed by atoms with Crippen LogP contribution in [0, 0.1) is 11.7 Å². The molecule has 0 aliphatic carbocycles. The molecule has 6 heteroatoms. The van der Waals surface area contributed by atoms with Gasteiger partial charge in [-0.15, -0.1) is 11.3 Å². The van der Waals surface area contributed by atoms with Crippen LogP contribution in [0.1, 0.15) is 17.7 Å². The molecule has 0 radical (unpaired) electrons. The molecule has 0 atom stereocenters. The lowest BCUT2D eigenvalue weighted by Gasteiger charge is -2.35. The first-order chi connectivity index (χ1) is 14.2. The fourth-order valence-corrected chi connectivity index (χ4v) is 4.87. The second-order valence-electron chi connectivity index (χ2n) is 7.72. The van der Waals surface area contributed by atoms with Crippen molar-refractivity contribution in [1.82, 2.24) is 9.80 Å². The highest BCUT2D eigenvalue weighted by atomic mass is 32.1. The number of ether oxygens (including phenoxy) is 1. The molecule has 2 aliphatic heterocycles. The van der Waals surface area contributed by atoms with E-state index in [2.05, 4.69) is 4.90 Å². The van der Waals surface area contributed by atoms with Gasteiger partial charge in [-0.25, -0.2) is 4.39 Å². The van der Waals surface area contributed by atoms with Gasteiger partial charge in [0.2, 0.25) is 5.91 Å². The van der Waals surface area contributed by atoms with Crippen LogP contribution in [0.3, 0.4) is 0 Å². The van der Waals surface area contributed by atoms with Crippen molar-refractivity contribution in [3.63, 3.8) is 0 Å². The summed E-state index contributed by atoms with van der Waals surface area (Å²) in [7, 11) is 0. The molecule has 1 amide bonds. The molecule has 0 bridgehead atoms. The van der Waals surface area contributed by atoms with Crippen molar-refractivity contribution in [3.05, 3.63) is 53.2 Å². The summed E-state index contributed by atoms with van der Waals surface area (Å²) in [6.07, 6.45) is 5.72. The molecule has 0 unspecified atom stereocenters. The predicted octanol–water partition coefficient (Wildman–Crippen LogP) is 4.14. The lowest BCUT2D eigenvalue weighted by atomic mass is 9.96. The third kappa shape index (κ3) is 5.53. The molecule has 0 N–H and O–H groups in total. The molecular formula is C23H27FN2O2S. The minimum atomic E-state index is -0.232. The van der Waals surface area contributed by atoms with Gasteiger partial charge in [-0.1, -0.05) is 12.1 Å². The standard InChI is InChI=1S/C23H27FN2O2S/c24-20-3-1-19(2-4-20)22-7-5-21(29-22)6-8-23(27)26-11-9-18(10-12-26)17-25-13-15-28-16-14-25/h1-8,18H,9-17H2. The SMILES string of the molecule is O=C(C=Cc1ccc(-c2ccc(F)cc2)s1)N1CCC(CN2CCOCC2)CC1. The van der Waals surface area contributed by atoms with Crippen LogP contribution in [0.15, 0.2) is 42.5 Å². The average molecular weight is 415 g/mol. The van der Waals surface area contributed by atoms with Crippen LogP contribution >= 0.6 is 11.3 Å². The highest BCUT2D eigenvalue weighted by molar-refractivity contribution is 7.16. The summed E-state index contributed by atoms with van der Waals surface area (Å²) in [6, 6.07) is 10.5. The summed E-state index contributed by atoms with van der Waals surface area (Å²) in [6.45, 7) is 6.54. The predicted molar refractivity (Wildman–Crippen MR) is 115 cm³/mol. The first-order valence-electron chi connectivity index (χ1n) is 10.3. The Hall–Kier alpha value is -2.02. The molecule has 2 aliphatic rings. The van der Waals surface area contributed by atoms with Crippen LogP contribution < -0.4 is 0 Å². The first-order valence-corrected chi connectivity index (χ1v) is 11.1. The van der Waals surface area contributed by atoms with Gasteiger partial charge in [0.15, 0.2) is 0 Å². The largest absolute Gasteiger partial charge is 0.379 e. The number of amides is 1. The van der Waals surface area contributed by atoms with Crippen molar-refractivity contribution in [2.24, 2.45) is 5.92 Å².